The van der Waals surface area contributed by atoms with Crippen LogP contribution < -0.4 is 14.2 Å². The molecule has 5 heteroatoms. The molecule has 17 heavy (non-hydrogen) atoms. The van der Waals surface area contributed by atoms with Gasteiger partial charge in [-0.1, -0.05) is 6.07 Å². The second-order valence-electron chi connectivity index (χ2n) is 3.39. The minimum atomic E-state index is 0.543. The SMILES string of the molecule is COc1cccc(OC)c1Oc1ccnn1C. The minimum absolute atomic E-state index is 0.543. The van der Waals surface area contributed by atoms with E-state index in [0.29, 0.717) is 23.1 Å². The minimum Gasteiger partial charge on any atom is -0.493 e. The Kier molecular flexibility index (Phi) is 3.18. The monoisotopic (exact) mass is 234 g/mol. The molecule has 0 aliphatic heterocycles. The predicted molar refractivity (Wildman–Crippen MR) is 62.8 cm³/mol. The summed E-state index contributed by atoms with van der Waals surface area (Å²) in [7, 11) is 4.98. The van der Waals surface area contributed by atoms with E-state index in [1.807, 2.05) is 18.2 Å². The standard InChI is InChI=1S/C12H14N2O3/c1-14-11(7-8-13-14)17-12-9(15-2)5-4-6-10(12)16-3/h4-8H,1-3H3. The van der Waals surface area contributed by atoms with Gasteiger partial charge in [0, 0.05) is 13.1 Å². The molecular weight excluding hydrogens is 220 g/mol. The number of benzene rings is 1. The molecule has 2 rings (SSSR count). The van der Waals surface area contributed by atoms with Crippen LogP contribution in [0.15, 0.2) is 30.5 Å². The molecule has 0 fully saturated rings. The van der Waals surface area contributed by atoms with Crippen molar-refractivity contribution in [3.05, 3.63) is 30.5 Å². The van der Waals surface area contributed by atoms with Crippen molar-refractivity contribution < 1.29 is 14.2 Å². The average Bonchev–Trinajstić information content (AvgIpc) is 2.75. The van der Waals surface area contributed by atoms with Gasteiger partial charge in [-0.2, -0.15) is 5.10 Å². The molecule has 0 N–H and O–H groups in total. The molecule has 90 valence electrons. The van der Waals surface area contributed by atoms with Gasteiger partial charge in [-0.25, -0.2) is 4.68 Å². The Balaban J connectivity index is 2.40. The number of rotatable bonds is 4. The maximum atomic E-state index is 5.74. The molecule has 0 aliphatic carbocycles. The first-order chi connectivity index (χ1) is 8.26. The van der Waals surface area contributed by atoms with Crippen molar-refractivity contribution in [3.63, 3.8) is 0 Å². The highest BCUT2D eigenvalue weighted by Crippen LogP contribution is 2.39. The lowest BCUT2D eigenvalue weighted by Crippen LogP contribution is -1.98. The van der Waals surface area contributed by atoms with Crippen molar-refractivity contribution in [2.24, 2.45) is 7.05 Å². The number of para-hydroxylation sites is 1. The van der Waals surface area contributed by atoms with Gasteiger partial charge in [-0.3, -0.25) is 0 Å². The van der Waals surface area contributed by atoms with Crippen molar-refractivity contribution in [1.82, 2.24) is 9.78 Å². The van der Waals surface area contributed by atoms with Crippen LogP contribution in [0, 0.1) is 0 Å². The zero-order valence-electron chi connectivity index (χ0n) is 10.0. The Morgan fingerprint density at radius 1 is 1.06 bits per heavy atom. The molecular formula is C12H14N2O3. The molecule has 0 saturated heterocycles. The Bertz CT molecular complexity index is 486. The summed E-state index contributed by atoms with van der Waals surface area (Å²) in [5.41, 5.74) is 0. The van der Waals surface area contributed by atoms with Crippen LogP contribution in [0.4, 0.5) is 0 Å². The van der Waals surface area contributed by atoms with Gasteiger partial charge in [0.1, 0.15) is 0 Å². The molecule has 1 heterocycles. The van der Waals surface area contributed by atoms with Gasteiger partial charge in [-0.15, -0.1) is 0 Å². The van der Waals surface area contributed by atoms with Gasteiger partial charge in [0.15, 0.2) is 11.5 Å². The number of hydrogen-bond acceptors (Lipinski definition) is 4. The first-order valence-corrected chi connectivity index (χ1v) is 5.13. The Labute approximate surface area is 99.5 Å². The summed E-state index contributed by atoms with van der Waals surface area (Å²) >= 11 is 0. The summed E-state index contributed by atoms with van der Waals surface area (Å²) in [6, 6.07) is 7.24. The zero-order chi connectivity index (χ0) is 12.3. The van der Waals surface area contributed by atoms with Crippen LogP contribution in [0.1, 0.15) is 0 Å². The number of methoxy groups -OCH3 is 2. The van der Waals surface area contributed by atoms with E-state index in [1.54, 1.807) is 38.2 Å². The Morgan fingerprint density at radius 3 is 2.18 bits per heavy atom. The largest absolute Gasteiger partial charge is 0.493 e. The van der Waals surface area contributed by atoms with E-state index in [0.717, 1.165) is 0 Å². The molecule has 0 atom stereocenters. The summed E-state index contributed by atoms with van der Waals surface area (Å²) < 4.78 is 17.9. The maximum absolute atomic E-state index is 5.74. The highest BCUT2D eigenvalue weighted by molar-refractivity contribution is 5.52. The Hall–Kier alpha value is -2.17. The maximum Gasteiger partial charge on any atom is 0.217 e. The van der Waals surface area contributed by atoms with Crippen molar-refractivity contribution in [2.75, 3.05) is 14.2 Å². The number of hydrogen-bond donors (Lipinski definition) is 0. The normalized spacial score (nSPS) is 10.1. The molecule has 0 amide bonds. The van der Waals surface area contributed by atoms with Gasteiger partial charge in [-0.05, 0) is 12.1 Å². The summed E-state index contributed by atoms with van der Waals surface area (Å²) in [5, 5.41) is 4.03. The summed E-state index contributed by atoms with van der Waals surface area (Å²) in [6.07, 6.45) is 1.66. The molecule has 1 aromatic carbocycles. The number of aryl methyl sites for hydroxylation is 1. The summed E-state index contributed by atoms with van der Waals surface area (Å²) in [4.78, 5) is 0. The van der Waals surface area contributed by atoms with Gasteiger partial charge in [0.05, 0.1) is 20.4 Å². The predicted octanol–water partition coefficient (Wildman–Crippen LogP) is 2.23. The van der Waals surface area contributed by atoms with Crippen LogP contribution in [0.5, 0.6) is 23.1 Å². The molecule has 0 bridgehead atoms. The van der Waals surface area contributed by atoms with Crippen molar-refractivity contribution in [1.29, 1.82) is 0 Å². The molecule has 0 saturated carbocycles. The zero-order valence-corrected chi connectivity index (χ0v) is 10.0. The first kappa shape index (κ1) is 11.3. The van der Waals surface area contributed by atoms with Crippen molar-refractivity contribution in [2.45, 2.75) is 0 Å². The van der Waals surface area contributed by atoms with Crippen LogP contribution in [-0.4, -0.2) is 24.0 Å². The number of ether oxygens (including phenoxy) is 3. The second kappa shape index (κ2) is 4.78. The van der Waals surface area contributed by atoms with E-state index >= 15 is 0 Å². The first-order valence-electron chi connectivity index (χ1n) is 5.13. The number of aromatic nitrogens is 2. The van der Waals surface area contributed by atoms with Crippen LogP contribution in [-0.2, 0) is 7.05 Å². The molecule has 0 radical (unpaired) electrons. The van der Waals surface area contributed by atoms with E-state index < -0.39 is 0 Å². The summed E-state index contributed by atoms with van der Waals surface area (Å²) in [6.45, 7) is 0. The fraction of sp³-hybridized carbons (Fsp3) is 0.250. The number of nitrogens with zero attached hydrogens (tertiary/aromatic N) is 2. The van der Waals surface area contributed by atoms with Crippen LogP contribution in [0.25, 0.3) is 0 Å². The van der Waals surface area contributed by atoms with E-state index in [2.05, 4.69) is 5.10 Å². The third kappa shape index (κ3) is 2.18. The molecule has 0 unspecified atom stereocenters. The van der Waals surface area contributed by atoms with Crippen LogP contribution in [0.2, 0.25) is 0 Å². The van der Waals surface area contributed by atoms with Gasteiger partial charge in [0.2, 0.25) is 11.6 Å². The second-order valence-corrected chi connectivity index (χ2v) is 3.39. The smallest absolute Gasteiger partial charge is 0.217 e. The van der Waals surface area contributed by atoms with E-state index in [4.69, 9.17) is 14.2 Å². The van der Waals surface area contributed by atoms with Gasteiger partial charge in [0.25, 0.3) is 0 Å². The van der Waals surface area contributed by atoms with E-state index in [9.17, 15) is 0 Å². The highest BCUT2D eigenvalue weighted by Gasteiger charge is 2.13. The van der Waals surface area contributed by atoms with Gasteiger partial charge < -0.3 is 14.2 Å². The third-order valence-corrected chi connectivity index (χ3v) is 2.37. The molecule has 1 aromatic heterocycles. The van der Waals surface area contributed by atoms with Crippen molar-refractivity contribution in [3.8, 4) is 23.1 Å². The lowest BCUT2D eigenvalue weighted by Gasteiger charge is -2.13. The molecule has 2 aromatic rings. The Morgan fingerprint density at radius 2 is 1.71 bits per heavy atom. The van der Waals surface area contributed by atoms with Crippen molar-refractivity contribution >= 4 is 0 Å². The van der Waals surface area contributed by atoms with E-state index in [-0.39, 0.29) is 0 Å². The van der Waals surface area contributed by atoms with E-state index in [1.165, 1.54) is 0 Å². The average molecular weight is 234 g/mol. The van der Waals surface area contributed by atoms with Gasteiger partial charge >= 0.3 is 0 Å². The topological polar surface area (TPSA) is 45.5 Å². The summed E-state index contributed by atoms with van der Waals surface area (Å²) in [5.74, 6) is 2.39. The fourth-order valence-electron chi connectivity index (χ4n) is 1.48. The van der Waals surface area contributed by atoms with Crippen LogP contribution in [0.3, 0.4) is 0 Å². The van der Waals surface area contributed by atoms with Crippen LogP contribution >= 0.6 is 0 Å². The quantitative estimate of drug-likeness (QED) is 0.813. The molecule has 0 spiro atoms. The lowest BCUT2D eigenvalue weighted by atomic mass is 10.3. The third-order valence-electron chi connectivity index (χ3n) is 2.37. The molecule has 0 aliphatic rings. The fourth-order valence-corrected chi connectivity index (χ4v) is 1.48. The molecule has 5 nitrogen and oxygen atoms in total. The lowest BCUT2D eigenvalue weighted by molar-refractivity contribution is 0.335. The highest BCUT2D eigenvalue weighted by atomic mass is 16.5.